The Hall–Kier alpha value is -1.81. The largest absolute Gasteiger partial charge is 0.459 e. The van der Waals surface area contributed by atoms with E-state index >= 15 is 0 Å². The quantitative estimate of drug-likeness (QED) is 0.496. The number of rotatable bonds is 3. The van der Waals surface area contributed by atoms with Gasteiger partial charge in [-0.15, -0.1) is 0 Å². The van der Waals surface area contributed by atoms with Gasteiger partial charge in [0.2, 0.25) is 6.10 Å². The zero-order chi connectivity index (χ0) is 25.0. The topological polar surface area (TPSA) is 140 Å². The number of ether oxygens (including phenoxy) is 3. The summed E-state index contributed by atoms with van der Waals surface area (Å²) in [5.41, 5.74) is -2.84. The molecular formula is C25H34O9. The maximum atomic E-state index is 13.3. The van der Waals surface area contributed by atoms with E-state index in [1.54, 1.807) is 27.7 Å². The van der Waals surface area contributed by atoms with Crippen LogP contribution in [0.1, 0.15) is 47.5 Å². The second-order valence-corrected chi connectivity index (χ2v) is 11.4. The Labute approximate surface area is 198 Å². The van der Waals surface area contributed by atoms with E-state index < -0.39 is 82.4 Å². The van der Waals surface area contributed by atoms with Crippen LogP contribution in [0.5, 0.6) is 0 Å². The van der Waals surface area contributed by atoms with Crippen molar-refractivity contribution in [3.63, 3.8) is 0 Å². The summed E-state index contributed by atoms with van der Waals surface area (Å²) in [7, 11) is 0. The van der Waals surface area contributed by atoms with Crippen molar-refractivity contribution >= 4 is 17.7 Å². The molecule has 0 amide bonds. The average Bonchev–Trinajstić information content (AvgIpc) is 3.06. The van der Waals surface area contributed by atoms with Gasteiger partial charge in [-0.3, -0.25) is 9.59 Å². The lowest BCUT2D eigenvalue weighted by Crippen LogP contribution is -2.78. The Morgan fingerprint density at radius 1 is 1.24 bits per heavy atom. The van der Waals surface area contributed by atoms with E-state index in [1.165, 1.54) is 6.08 Å². The van der Waals surface area contributed by atoms with Gasteiger partial charge in [0.25, 0.3) is 0 Å². The highest BCUT2D eigenvalue weighted by Crippen LogP contribution is 2.72. The summed E-state index contributed by atoms with van der Waals surface area (Å²) in [4.78, 5) is 38.8. The fourth-order valence-corrected chi connectivity index (χ4v) is 8.09. The van der Waals surface area contributed by atoms with Crippen molar-refractivity contribution in [2.75, 3.05) is 6.61 Å². The highest BCUT2D eigenvalue weighted by Gasteiger charge is 2.82. The smallest absolute Gasteiger partial charge is 0.348 e. The monoisotopic (exact) mass is 478 g/mol. The summed E-state index contributed by atoms with van der Waals surface area (Å²) < 4.78 is 17.8. The second-order valence-electron chi connectivity index (χ2n) is 11.4. The van der Waals surface area contributed by atoms with Crippen molar-refractivity contribution in [2.45, 2.75) is 83.6 Å². The van der Waals surface area contributed by atoms with Gasteiger partial charge in [0.15, 0.2) is 5.78 Å². The molecule has 1 spiro atoms. The van der Waals surface area contributed by atoms with Crippen LogP contribution in [0.2, 0.25) is 0 Å². The number of carbonyl (C=O) groups excluding carboxylic acids is 3. The van der Waals surface area contributed by atoms with Crippen molar-refractivity contribution < 1.29 is 43.9 Å². The normalized spacial score (nSPS) is 52.2. The molecule has 2 heterocycles. The first-order valence-corrected chi connectivity index (χ1v) is 12.2. The molecule has 5 aliphatic rings. The molecule has 3 N–H and O–H groups in total. The molecule has 12 atom stereocenters. The van der Waals surface area contributed by atoms with Gasteiger partial charge in [-0.05, 0) is 38.7 Å². The van der Waals surface area contributed by atoms with E-state index in [0.29, 0.717) is 12.8 Å². The predicted octanol–water partition coefficient (Wildman–Crippen LogP) is 0.529. The number of fused-ring (bicyclic) bond motifs is 2. The second kappa shape index (κ2) is 7.35. The molecule has 0 unspecified atom stereocenters. The van der Waals surface area contributed by atoms with E-state index in [9.17, 15) is 29.7 Å². The van der Waals surface area contributed by atoms with E-state index in [4.69, 9.17) is 14.2 Å². The Kier molecular flexibility index (Phi) is 5.17. The summed E-state index contributed by atoms with van der Waals surface area (Å²) in [6, 6.07) is 0. The maximum absolute atomic E-state index is 13.3. The molecule has 4 fully saturated rings. The first-order chi connectivity index (χ1) is 15.8. The van der Waals surface area contributed by atoms with Crippen LogP contribution in [-0.2, 0) is 28.6 Å². The molecule has 2 saturated heterocycles. The Balaban J connectivity index is 1.69. The number of aliphatic hydroxyl groups is 3. The number of ketones is 1. The molecule has 2 bridgehead atoms. The van der Waals surface area contributed by atoms with Crippen LogP contribution < -0.4 is 0 Å². The fraction of sp³-hybridized carbons (Fsp3) is 0.800. The number of aliphatic hydroxyl groups excluding tert-OH is 3. The standard InChI is InChI=1S/C25H34O9/c1-6-10(2)21(30)34-16-18-24(5)20(29)15(27)17-23(4)12(11(3)7-13(26)19(23)28)8-14(33-22(16)31)25(17,18)9-32-24/h7,10,12,14-20,27-29H,6,8-9H2,1-5H3/t10-,12+,14-,15-,16-,17-,18+,19-,20+,23+,24+,25-/m1/s1. The van der Waals surface area contributed by atoms with Gasteiger partial charge >= 0.3 is 11.9 Å². The number of carbonyl (C=O) groups is 3. The number of hydrogen-bond acceptors (Lipinski definition) is 9. The first kappa shape index (κ1) is 23.9. The van der Waals surface area contributed by atoms with Crippen molar-refractivity contribution in [3.05, 3.63) is 11.6 Å². The van der Waals surface area contributed by atoms with Crippen LogP contribution in [0.15, 0.2) is 11.6 Å². The van der Waals surface area contributed by atoms with Crippen LogP contribution in [-0.4, -0.2) is 75.8 Å². The fourth-order valence-electron chi connectivity index (χ4n) is 8.09. The summed E-state index contributed by atoms with van der Waals surface area (Å²) in [5, 5.41) is 34.0. The third kappa shape index (κ3) is 2.61. The molecule has 9 heteroatoms. The van der Waals surface area contributed by atoms with Crippen molar-refractivity contribution in [1.29, 1.82) is 0 Å². The molecule has 0 radical (unpaired) electrons. The molecule has 9 nitrogen and oxygen atoms in total. The van der Waals surface area contributed by atoms with Crippen molar-refractivity contribution in [2.24, 2.45) is 34.5 Å². The van der Waals surface area contributed by atoms with Gasteiger partial charge in [-0.2, -0.15) is 0 Å². The maximum Gasteiger partial charge on any atom is 0.348 e. The molecule has 0 aromatic rings. The minimum atomic E-state index is -1.43. The van der Waals surface area contributed by atoms with Gasteiger partial charge < -0.3 is 29.5 Å². The highest BCUT2D eigenvalue weighted by atomic mass is 16.6. The van der Waals surface area contributed by atoms with Crippen LogP contribution in [0.25, 0.3) is 0 Å². The third-order valence-electron chi connectivity index (χ3n) is 9.96. The molecule has 0 aromatic carbocycles. The zero-order valence-electron chi connectivity index (χ0n) is 20.2. The number of esters is 2. The van der Waals surface area contributed by atoms with Gasteiger partial charge in [0, 0.05) is 16.7 Å². The van der Waals surface area contributed by atoms with E-state index in [1.807, 2.05) is 6.92 Å². The molecule has 188 valence electrons. The van der Waals surface area contributed by atoms with Gasteiger partial charge in [0.1, 0.15) is 23.9 Å². The Morgan fingerprint density at radius 3 is 2.56 bits per heavy atom. The van der Waals surface area contributed by atoms with Crippen LogP contribution in [0.3, 0.4) is 0 Å². The molecule has 34 heavy (non-hydrogen) atoms. The summed E-state index contributed by atoms with van der Waals surface area (Å²) in [5.74, 6) is -4.16. The molecular weight excluding hydrogens is 444 g/mol. The van der Waals surface area contributed by atoms with Crippen LogP contribution in [0, 0.1) is 34.5 Å². The Bertz CT molecular complexity index is 975. The predicted molar refractivity (Wildman–Crippen MR) is 116 cm³/mol. The number of allylic oxidation sites excluding steroid dienone is 1. The van der Waals surface area contributed by atoms with E-state index in [0.717, 1.165) is 5.57 Å². The molecule has 2 saturated carbocycles. The summed E-state index contributed by atoms with van der Waals surface area (Å²) >= 11 is 0. The molecule has 0 aromatic heterocycles. The first-order valence-electron chi connectivity index (χ1n) is 12.2. The van der Waals surface area contributed by atoms with Crippen LogP contribution in [0.4, 0.5) is 0 Å². The van der Waals surface area contributed by atoms with Crippen LogP contribution >= 0.6 is 0 Å². The summed E-state index contributed by atoms with van der Waals surface area (Å²) in [6.07, 6.45) is -3.95. The lowest BCUT2D eigenvalue weighted by molar-refractivity contribution is -0.297. The molecule has 2 aliphatic heterocycles. The molecule has 5 rings (SSSR count). The SMILES string of the molecule is CC[C@@H](C)C(=O)O[C@H]1C(=O)O[C@@H]2C[C@H]3C(C)=CC(=O)[C@@H](O)[C@]3(C)[C@H]3[C@@H](O)[C@H](O)[C@@]4(C)OC[C@]32[C@@H]14. The third-order valence-corrected chi connectivity index (χ3v) is 9.96. The average molecular weight is 479 g/mol. The lowest BCUT2D eigenvalue weighted by Gasteiger charge is -2.68. The van der Waals surface area contributed by atoms with E-state index in [-0.39, 0.29) is 12.5 Å². The zero-order valence-corrected chi connectivity index (χ0v) is 20.2. The Morgan fingerprint density at radius 2 is 1.91 bits per heavy atom. The number of hydrogen-bond donors (Lipinski definition) is 3. The van der Waals surface area contributed by atoms with Crippen molar-refractivity contribution in [1.82, 2.24) is 0 Å². The van der Waals surface area contributed by atoms with Gasteiger partial charge in [0.05, 0.1) is 24.5 Å². The molecule has 3 aliphatic carbocycles. The van der Waals surface area contributed by atoms with Gasteiger partial charge in [-0.25, -0.2) is 4.79 Å². The lowest BCUT2D eigenvalue weighted by atomic mass is 9.38. The van der Waals surface area contributed by atoms with Gasteiger partial charge in [-0.1, -0.05) is 26.3 Å². The summed E-state index contributed by atoms with van der Waals surface area (Å²) in [6.45, 7) is 8.76. The van der Waals surface area contributed by atoms with Crippen molar-refractivity contribution in [3.8, 4) is 0 Å². The highest BCUT2D eigenvalue weighted by molar-refractivity contribution is 5.96. The minimum Gasteiger partial charge on any atom is -0.459 e. The minimum absolute atomic E-state index is 0.0360. The van der Waals surface area contributed by atoms with E-state index in [2.05, 4.69) is 0 Å².